The Balaban J connectivity index is 1.78. The maximum atomic E-state index is 13.3. The summed E-state index contributed by atoms with van der Waals surface area (Å²) in [7, 11) is 1.58. The van der Waals surface area contributed by atoms with Crippen LogP contribution in [0, 0.1) is 5.82 Å². The number of phenols is 1. The van der Waals surface area contributed by atoms with Gasteiger partial charge in [-0.15, -0.1) is 0 Å². The molecular weight excluding hydrogens is 335 g/mol. The molecule has 1 aliphatic rings. The van der Waals surface area contributed by atoms with E-state index in [-0.39, 0.29) is 17.6 Å². The maximum absolute atomic E-state index is 13.3. The first-order chi connectivity index (χ1) is 12.7. The molecule has 0 radical (unpaired) electrons. The number of morpholine rings is 1. The van der Waals surface area contributed by atoms with E-state index in [1.807, 2.05) is 0 Å². The molecule has 0 spiro atoms. The number of nitrogens with zero attached hydrogens (tertiary/aromatic N) is 2. The molecule has 1 aliphatic heterocycles. The standard InChI is InChI=1S/C20H23FN2O3/c1-25-18-6-7-20(24)16(12-18)13-22-14-19(23-8-10-26-11-9-23)15-2-4-17(21)5-3-15/h2-7,12-13,19,24H,8-11,14H2,1H3/t19-/m0/s1. The largest absolute Gasteiger partial charge is 0.507 e. The Kier molecular flexibility index (Phi) is 6.20. The Morgan fingerprint density at radius 1 is 1.23 bits per heavy atom. The quantitative estimate of drug-likeness (QED) is 0.807. The van der Waals surface area contributed by atoms with Gasteiger partial charge in [-0.3, -0.25) is 9.89 Å². The monoisotopic (exact) mass is 358 g/mol. The molecule has 0 aliphatic carbocycles. The maximum Gasteiger partial charge on any atom is 0.124 e. The number of aromatic hydroxyl groups is 1. The lowest BCUT2D eigenvalue weighted by Gasteiger charge is -2.34. The van der Waals surface area contributed by atoms with E-state index in [0.29, 0.717) is 31.1 Å². The van der Waals surface area contributed by atoms with Crippen molar-refractivity contribution in [1.82, 2.24) is 4.90 Å². The minimum atomic E-state index is -0.251. The molecule has 2 aromatic carbocycles. The minimum absolute atomic E-state index is 0.0310. The van der Waals surface area contributed by atoms with Crippen LogP contribution in [0.5, 0.6) is 11.5 Å². The van der Waals surface area contributed by atoms with E-state index in [2.05, 4.69) is 9.89 Å². The second-order valence-corrected chi connectivity index (χ2v) is 6.13. The molecule has 0 aromatic heterocycles. The van der Waals surface area contributed by atoms with Gasteiger partial charge in [0.15, 0.2) is 0 Å². The summed E-state index contributed by atoms with van der Waals surface area (Å²) in [6, 6.07) is 11.6. The lowest BCUT2D eigenvalue weighted by Crippen LogP contribution is -2.40. The SMILES string of the molecule is COc1ccc(O)c(C=NC[C@@H](c2ccc(F)cc2)N2CCOCC2)c1. The summed E-state index contributed by atoms with van der Waals surface area (Å²) in [5.41, 5.74) is 1.62. The molecule has 6 heteroatoms. The van der Waals surface area contributed by atoms with Crippen molar-refractivity contribution in [2.75, 3.05) is 40.0 Å². The molecule has 0 unspecified atom stereocenters. The van der Waals surface area contributed by atoms with Gasteiger partial charge in [0.05, 0.1) is 32.9 Å². The average Bonchev–Trinajstić information content (AvgIpc) is 2.68. The van der Waals surface area contributed by atoms with E-state index >= 15 is 0 Å². The van der Waals surface area contributed by atoms with Crippen LogP contribution in [-0.2, 0) is 4.74 Å². The van der Waals surface area contributed by atoms with Crippen molar-refractivity contribution in [3.63, 3.8) is 0 Å². The number of aliphatic imine (C=N–C) groups is 1. The first-order valence-corrected chi connectivity index (χ1v) is 8.61. The van der Waals surface area contributed by atoms with E-state index in [1.165, 1.54) is 12.1 Å². The van der Waals surface area contributed by atoms with E-state index in [1.54, 1.807) is 43.7 Å². The molecule has 5 nitrogen and oxygen atoms in total. The summed E-state index contributed by atoms with van der Waals surface area (Å²) in [4.78, 5) is 6.83. The lowest BCUT2D eigenvalue weighted by atomic mass is 10.0. The van der Waals surface area contributed by atoms with Crippen LogP contribution in [0.4, 0.5) is 4.39 Å². The van der Waals surface area contributed by atoms with Gasteiger partial charge in [-0.05, 0) is 35.9 Å². The number of phenolic OH excluding ortho intramolecular Hbond substituents is 1. The summed E-state index contributed by atoms with van der Waals surface area (Å²) in [5.74, 6) is 0.561. The van der Waals surface area contributed by atoms with Crippen molar-refractivity contribution in [3.05, 3.63) is 59.4 Å². The van der Waals surface area contributed by atoms with Crippen LogP contribution in [0.15, 0.2) is 47.5 Å². The minimum Gasteiger partial charge on any atom is -0.507 e. The predicted molar refractivity (Wildman–Crippen MR) is 98.7 cm³/mol. The zero-order chi connectivity index (χ0) is 18.4. The van der Waals surface area contributed by atoms with Gasteiger partial charge in [-0.1, -0.05) is 12.1 Å². The van der Waals surface area contributed by atoms with Crippen LogP contribution in [-0.4, -0.2) is 56.2 Å². The van der Waals surface area contributed by atoms with Crippen LogP contribution in [0.1, 0.15) is 17.2 Å². The third-order valence-corrected chi connectivity index (χ3v) is 4.48. The molecule has 0 bridgehead atoms. The first kappa shape index (κ1) is 18.4. The van der Waals surface area contributed by atoms with Crippen molar-refractivity contribution >= 4 is 6.21 Å². The molecule has 1 fully saturated rings. The highest BCUT2D eigenvalue weighted by Crippen LogP contribution is 2.24. The van der Waals surface area contributed by atoms with Crippen LogP contribution >= 0.6 is 0 Å². The van der Waals surface area contributed by atoms with Crippen molar-refractivity contribution in [2.45, 2.75) is 6.04 Å². The van der Waals surface area contributed by atoms with Crippen LogP contribution < -0.4 is 4.74 Å². The third-order valence-electron chi connectivity index (χ3n) is 4.48. The van der Waals surface area contributed by atoms with E-state index in [0.717, 1.165) is 18.7 Å². The molecule has 26 heavy (non-hydrogen) atoms. The summed E-state index contributed by atoms with van der Waals surface area (Å²) >= 11 is 0. The van der Waals surface area contributed by atoms with Gasteiger partial charge in [0.1, 0.15) is 17.3 Å². The van der Waals surface area contributed by atoms with Crippen LogP contribution in [0.3, 0.4) is 0 Å². The number of hydrogen-bond donors (Lipinski definition) is 1. The van der Waals surface area contributed by atoms with Gasteiger partial charge >= 0.3 is 0 Å². The van der Waals surface area contributed by atoms with E-state index < -0.39 is 0 Å². The molecule has 0 amide bonds. The Morgan fingerprint density at radius 3 is 2.65 bits per heavy atom. The average molecular weight is 358 g/mol. The Labute approximate surface area is 152 Å². The van der Waals surface area contributed by atoms with Crippen molar-refractivity contribution < 1.29 is 19.0 Å². The molecule has 3 rings (SSSR count). The molecular formula is C20H23FN2O3. The van der Waals surface area contributed by atoms with Crippen LogP contribution in [0.25, 0.3) is 0 Å². The summed E-state index contributed by atoms with van der Waals surface area (Å²) in [5, 5.41) is 9.98. The second-order valence-electron chi connectivity index (χ2n) is 6.13. The number of ether oxygens (including phenoxy) is 2. The second kappa shape index (κ2) is 8.78. The highest BCUT2D eigenvalue weighted by atomic mass is 19.1. The summed E-state index contributed by atoms with van der Waals surface area (Å²) in [6.45, 7) is 3.47. The molecule has 138 valence electrons. The van der Waals surface area contributed by atoms with Gasteiger partial charge in [0.2, 0.25) is 0 Å². The van der Waals surface area contributed by atoms with E-state index in [4.69, 9.17) is 9.47 Å². The van der Waals surface area contributed by atoms with Crippen molar-refractivity contribution in [1.29, 1.82) is 0 Å². The van der Waals surface area contributed by atoms with Gasteiger partial charge in [0, 0.05) is 24.9 Å². The molecule has 1 heterocycles. The molecule has 1 saturated heterocycles. The molecule has 2 aromatic rings. The van der Waals surface area contributed by atoms with Gasteiger partial charge < -0.3 is 14.6 Å². The Bertz CT molecular complexity index is 743. The normalized spacial score (nSPS) is 16.7. The zero-order valence-corrected chi connectivity index (χ0v) is 14.8. The van der Waals surface area contributed by atoms with Gasteiger partial charge in [-0.2, -0.15) is 0 Å². The third kappa shape index (κ3) is 4.59. The first-order valence-electron chi connectivity index (χ1n) is 8.61. The highest BCUT2D eigenvalue weighted by molar-refractivity contribution is 5.84. The number of hydrogen-bond acceptors (Lipinski definition) is 5. The zero-order valence-electron chi connectivity index (χ0n) is 14.8. The van der Waals surface area contributed by atoms with Crippen molar-refractivity contribution in [2.24, 2.45) is 4.99 Å². The fourth-order valence-corrected chi connectivity index (χ4v) is 3.02. The van der Waals surface area contributed by atoms with Crippen molar-refractivity contribution in [3.8, 4) is 11.5 Å². The summed E-state index contributed by atoms with van der Waals surface area (Å²) < 4.78 is 23.9. The van der Waals surface area contributed by atoms with Crippen LogP contribution in [0.2, 0.25) is 0 Å². The number of halogens is 1. The summed E-state index contributed by atoms with van der Waals surface area (Å²) in [6.07, 6.45) is 1.65. The Morgan fingerprint density at radius 2 is 1.96 bits per heavy atom. The predicted octanol–water partition coefficient (Wildman–Crippen LogP) is 3.03. The Hall–Kier alpha value is -2.44. The number of benzene rings is 2. The lowest BCUT2D eigenvalue weighted by molar-refractivity contribution is 0.0180. The van der Waals surface area contributed by atoms with Gasteiger partial charge in [-0.25, -0.2) is 4.39 Å². The number of methoxy groups -OCH3 is 1. The van der Waals surface area contributed by atoms with E-state index in [9.17, 15) is 9.50 Å². The highest BCUT2D eigenvalue weighted by Gasteiger charge is 2.22. The fourth-order valence-electron chi connectivity index (χ4n) is 3.02. The fraction of sp³-hybridized carbons (Fsp3) is 0.350. The van der Waals surface area contributed by atoms with Gasteiger partial charge in [0.25, 0.3) is 0 Å². The topological polar surface area (TPSA) is 54.3 Å². The molecule has 0 saturated carbocycles. The smallest absolute Gasteiger partial charge is 0.124 e. The molecule has 1 N–H and O–H groups in total. The number of rotatable bonds is 6. The molecule has 1 atom stereocenters.